The van der Waals surface area contributed by atoms with Crippen LogP contribution in [0.25, 0.3) is 6.08 Å². The van der Waals surface area contributed by atoms with Crippen LogP contribution in [0.3, 0.4) is 0 Å². The summed E-state index contributed by atoms with van der Waals surface area (Å²) in [5, 5.41) is 0.406. The molecule has 0 radical (unpaired) electrons. The van der Waals surface area contributed by atoms with Crippen LogP contribution in [0, 0.1) is 0 Å². The quantitative estimate of drug-likeness (QED) is 0.116. The Morgan fingerprint density at radius 2 is 1.14 bits per heavy atom. The van der Waals surface area contributed by atoms with E-state index in [1.807, 2.05) is 18.2 Å². The Hall–Kier alpha value is -1.74. The first-order chi connectivity index (χ1) is 16.1. The Balaban J connectivity index is 2.91. The lowest BCUT2D eigenvalue weighted by atomic mass is 10.1. The molecule has 0 spiro atoms. The standard InChI is InChI=1S/C29H49NO3Si2/c1-28(2,3)34(7,8)32-24-21-30(22-25-33-35(9,10)29(4,5)6)27-19-17-26(18-20-27)16-14-12-11-13-15-23-31/h11-20,23H,21-22,24-25H2,1-10H3. The second-order valence-electron chi connectivity index (χ2n) is 12.1. The van der Waals surface area contributed by atoms with Crippen LogP contribution in [0.1, 0.15) is 47.1 Å². The number of carbonyl (C=O) groups is 1. The summed E-state index contributed by atoms with van der Waals surface area (Å²) in [6.45, 7) is 26.0. The van der Waals surface area contributed by atoms with Crippen molar-refractivity contribution in [2.75, 3.05) is 31.2 Å². The normalized spacial score (nSPS) is 13.9. The van der Waals surface area contributed by atoms with Gasteiger partial charge in [-0.3, -0.25) is 4.79 Å². The molecule has 0 saturated carbocycles. The van der Waals surface area contributed by atoms with E-state index in [1.54, 1.807) is 6.08 Å². The molecule has 0 bridgehead atoms. The van der Waals surface area contributed by atoms with Crippen molar-refractivity contribution in [2.24, 2.45) is 0 Å². The van der Waals surface area contributed by atoms with Crippen LogP contribution >= 0.6 is 0 Å². The minimum absolute atomic E-state index is 0.203. The number of anilines is 1. The van der Waals surface area contributed by atoms with Gasteiger partial charge in [-0.2, -0.15) is 0 Å². The van der Waals surface area contributed by atoms with Gasteiger partial charge < -0.3 is 13.8 Å². The molecule has 0 atom stereocenters. The summed E-state index contributed by atoms with van der Waals surface area (Å²) in [4.78, 5) is 12.7. The molecular weight excluding hydrogens is 466 g/mol. The van der Waals surface area contributed by atoms with E-state index >= 15 is 0 Å². The molecule has 1 rings (SSSR count). The summed E-state index contributed by atoms with van der Waals surface area (Å²) >= 11 is 0. The van der Waals surface area contributed by atoms with Crippen molar-refractivity contribution in [1.82, 2.24) is 0 Å². The van der Waals surface area contributed by atoms with E-state index in [0.29, 0.717) is 0 Å². The molecule has 0 aliphatic carbocycles. The maximum absolute atomic E-state index is 10.3. The summed E-state index contributed by atoms with van der Waals surface area (Å²) in [6, 6.07) is 8.62. The van der Waals surface area contributed by atoms with Gasteiger partial charge in [-0.25, -0.2) is 0 Å². The Morgan fingerprint density at radius 3 is 1.57 bits per heavy atom. The second-order valence-corrected chi connectivity index (χ2v) is 21.7. The van der Waals surface area contributed by atoms with Crippen molar-refractivity contribution in [2.45, 2.75) is 77.8 Å². The summed E-state index contributed by atoms with van der Waals surface area (Å²) in [6.07, 6.45) is 11.7. The highest BCUT2D eigenvalue weighted by atomic mass is 28.4. The SMILES string of the molecule is CC(C)(C)[Si](C)(C)OCCN(CCO[Si](C)(C)C(C)(C)C)c1ccc(C=CC=CC=CC=O)cc1. The van der Waals surface area contributed by atoms with Gasteiger partial charge in [-0.05, 0) is 60.0 Å². The summed E-state index contributed by atoms with van der Waals surface area (Å²) in [5.74, 6) is 0. The predicted octanol–water partition coefficient (Wildman–Crippen LogP) is 7.86. The minimum atomic E-state index is -1.79. The highest BCUT2D eigenvalue weighted by Gasteiger charge is 2.38. The van der Waals surface area contributed by atoms with Crippen molar-refractivity contribution in [1.29, 1.82) is 0 Å². The average Bonchev–Trinajstić information content (AvgIpc) is 2.74. The van der Waals surface area contributed by atoms with Gasteiger partial charge >= 0.3 is 0 Å². The van der Waals surface area contributed by atoms with Gasteiger partial charge in [-0.15, -0.1) is 0 Å². The molecule has 6 heteroatoms. The molecule has 0 aromatic heterocycles. The van der Waals surface area contributed by atoms with E-state index in [1.165, 1.54) is 11.8 Å². The van der Waals surface area contributed by atoms with Crippen LogP contribution in [0.5, 0.6) is 0 Å². The average molecular weight is 516 g/mol. The third kappa shape index (κ3) is 10.8. The molecular formula is C29H49NO3Si2. The molecule has 0 amide bonds. The maximum Gasteiger partial charge on any atom is 0.192 e. The molecule has 0 saturated heterocycles. The molecule has 0 unspecified atom stereocenters. The van der Waals surface area contributed by atoms with E-state index in [4.69, 9.17) is 8.85 Å². The fourth-order valence-corrected chi connectivity index (χ4v) is 4.89. The van der Waals surface area contributed by atoms with Crippen LogP contribution in [0.4, 0.5) is 5.69 Å². The molecule has 0 aliphatic heterocycles. The van der Waals surface area contributed by atoms with Crippen molar-refractivity contribution in [3.63, 3.8) is 0 Å². The summed E-state index contributed by atoms with van der Waals surface area (Å²) in [7, 11) is -3.57. The fraction of sp³-hybridized carbons (Fsp3) is 0.552. The number of nitrogens with zero attached hydrogens (tertiary/aromatic N) is 1. The molecule has 0 heterocycles. The Kier molecular flexibility index (Phi) is 12.1. The Labute approximate surface area is 217 Å². The monoisotopic (exact) mass is 515 g/mol. The summed E-state index contributed by atoms with van der Waals surface area (Å²) in [5.41, 5.74) is 2.32. The largest absolute Gasteiger partial charge is 0.415 e. The van der Waals surface area contributed by atoms with Crippen LogP contribution in [-0.4, -0.2) is 49.2 Å². The number of hydrogen-bond donors (Lipinski definition) is 0. The number of benzene rings is 1. The number of hydrogen-bond acceptors (Lipinski definition) is 4. The number of aldehydes is 1. The van der Waals surface area contributed by atoms with Crippen LogP contribution in [0.2, 0.25) is 36.3 Å². The van der Waals surface area contributed by atoms with Crippen LogP contribution < -0.4 is 4.90 Å². The molecule has 0 aliphatic rings. The second kappa shape index (κ2) is 13.5. The fourth-order valence-electron chi connectivity index (χ4n) is 2.83. The van der Waals surface area contributed by atoms with Gasteiger partial charge in [0.05, 0.1) is 13.2 Å². The van der Waals surface area contributed by atoms with Gasteiger partial charge in [0, 0.05) is 18.8 Å². The molecule has 0 fully saturated rings. The van der Waals surface area contributed by atoms with E-state index in [2.05, 4.69) is 103 Å². The van der Waals surface area contributed by atoms with Gasteiger partial charge in [0.1, 0.15) is 6.29 Å². The molecule has 4 nitrogen and oxygen atoms in total. The zero-order valence-corrected chi connectivity index (χ0v) is 25.9. The van der Waals surface area contributed by atoms with Crippen molar-refractivity contribution < 1.29 is 13.6 Å². The maximum atomic E-state index is 10.3. The predicted molar refractivity (Wildman–Crippen MR) is 158 cm³/mol. The lowest BCUT2D eigenvalue weighted by molar-refractivity contribution is -0.104. The first-order valence-corrected chi connectivity index (χ1v) is 18.5. The number of carbonyl (C=O) groups excluding carboxylic acids is 1. The van der Waals surface area contributed by atoms with Crippen molar-refractivity contribution in [3.05, 3.63) is 60.2 Å². The number of rotatable bonds is 13. The van der Waals surface area contributed by atoms with E-state index < -0.39 is 16.6 Å². The highest BCUT2D eigenvalue weighted by molar-refractivity contribution is 6.74. The van der Waals surface area contributed by atoms with Gasteiger partial charge in [0.2, 0.25) is 0 Å². The smallest absolute Gasteiger partial charge is 0.192 e. The topological polar surface area (TPSA) is 38.8 Å². The molecule has 1 aromatic carbocycles. The van der Waals surface area contributed by atoms with Crippen molar-refractivity contribution >= 4 is 34.7 Å². The zero-order valence-electron chi connectivity index (χ0n) is 23.9. The third-order valence-corrected chi connectivity index (χ3v) is 16.4. The van der Waals surface area contributed by atoms with E-state index in [-0.39, 0.29) is 10.1 Å². The molecule has 196 valence electrons. The first kappa shape index (κ1) is 31.3. The Bertz CT molecular complexity index is 825. The van der Waals surface area contributed by atoms with Gasteiger partial charge in [-0.1, -0.05) is 84.1 Å². The zero-order chi connectivity index (χ0) is 26.8. The lowest BCUT2D eigenvalue weighted by Crippen LogP contribution is -2.44. The Morgan fingerprint density at radius 1 is 0.714 bits per heavy atom. The van der Waals surface area contributed by atoms with Crippen molar-refractivity contribution in [3.8, 4) is 0 Å². The van der Waals surface area contributed by atoms with Gasteiger partial charge in [0.15, 0.2) is 16.6 Å². The van der Waals surface area contributed by atoms with Crippen LogP contribution in [0.15, 0.2) is 54.6 Å². The third-order valence-electron chi connectivity index (χ3n) is 7.33. The first-order valence-electron chi connectivity index (χ1n) is 12.7. The van der Waals surface area contributed by atoms with E-state index in [0.717, 1.165) is 38.2 Å². The minimum Gasteiger partial charge on any atom is -0.415 e. The highest BCUT2D eigenvalue weighted by Crippen LogP contribution is 2.37. The molecule has 0 N–H and O–H groups in total. The summed E-state index contributed by atoms with van der Waals surface area (Å²) < 4.78 is 13.0. The van der Waals surface area contributed by atoms with Gasteiger partial charge in [0.25, 0.3) is 0 Å². The van der Waals surface area contributed by atoms with Crippen LogP contribution in [-0.2, 0) is 13.6 Å². The molecule has 35 heavy (non-hydrogen) atoms. The van der Waals surface area contributed by atoms with E-state index in [9.17, 15) is 4.79 Å². The lowest BCUT2D eigenvalue weighted by Gasteiger charge is -2.38. The number of allylic oxidation sites excluding steroid dienone is 5. The molecule has 1 aromatic rings.